The predicted molar refractivity (Wildman–Crippen MR) is 95.8 cm³/mol. The lowest BCUT2D eigenvalue weighted by atomic mass is 10.0. The molecule has 5 heteroatoms. The molecule has 126 valence electrons. The molecule has 0 bridgehead atoms. The maximum atomic E-state index is 5.45. The molecule has 2 aromatic heterocycles. The predicted octanol–water partition coefficient (Wildman–Crippen LogP) is 4.20. The van der Waals surface area contributed by atoms with E-state index >= 15 is 0 Å². The highest BCUT2D eigenvalue weighted by atomic mass is 16.5. The summed E-state index contributed by atoms with van der Waals surface area (Å²) in [5, 5.41) is 8.70. The monoisotopic (exact) mass is 325 g/mol. The van der Waals surface area contributed by atoms with Gasteiger partial charge in [0.2, 0.25) is 0 Å². The van der Waals surface area contributed by atoms with Crippen LogP contribution in [0.4, 0.5) is 5.69 Å². The Morgan fingerprint density at radius 2 is 2.04 bits per heavy atom. The van der Waals surface area contributed by atoms with Crippen LogP contribution in [0.1, 0.15) is 29.6 Å². The number of pyridine rings is 1. The standard InChI is InChI=1S/C19H23N3O2/c1-11(9-16-13(3)22-24-14(16)4)20-17-10-12(2)21-19-15(17)7-6-8-18(19)23-5/h6-8,10-11H,9H2,1-5H3,(H,20,21). The summed E-state index contributed by atoms with van der Waals surface area (Å²) in [6, 6.07) is 8.30. The van der Waals surface area contributed by atoms with Crippen LogP contribution in [0.5, 0.6) is 5.75 Å². The third-order valence-electron chi connectivity index (χ3n) is 4.24. The van der Waals surface area contributed by atoms with Gasteiger partial charge in [0.1, 0.15) is 17.0 Å². The van der Waals surface area contributed by atoms with Gasteiger partial charge in [0.25, 0.3) is 0 Å². The fourth-order valence-corrected chi connectivity index (χ4v) is 3.05. The molecule has 1 unspecified atom stereocenters. The van der Waals surface area contributed by atoms with Crippen LogP contribution in [-0.4, -0.2) is 23.3 Å². The highest BCUT2D eigenvalue weighted by Gasteiger charge is 2.15. The lowest BCUT2D eigenvalue weighted by Crippen LogP contribution is -2.19. The molecule has 3 aromatic rings. The highest BCUT2D eigenvalue weighted by Crippen LogP contribution is 2.30. The summed E-state index contributed by atoms with van der Waals surface area (Å²) < 4.78 is 10.7. The van der Waals surface area contributed by atoms with Gasteiger partial charge < -0.3 is 14.6 Å². The van der Waals surface area contributed by atoms with Crippen molar-refractivity contribution in [3.05, 3.63) is 47.0 Å². The normalized spacial score (nSPS) is 12.4. The number of aromatic nitrogens is 2. The van der Waals surface area contributed by atoms with Gasteiger partial charge in [0, 0.05) is 28.4 Å². The van der Waals surface area contributed by atoms with Gasteiger partial charge in [0.05, 0.1) is 12.8 Å². The van der Waals surface area contributed by atoms with Gasteiger partial charge in [-0.1, -0.05) is 17.3 Å². The van der Waals surface area contributed by atoms with Crippen molar-refractivity contribution in [1.82, 2.24) is 10.1 Å². The number of para-hydroxylation sites is 1. The Labute approximate surface area is 142 Å². The minimum absolute atomic E-state index is 0.234. The van der Waals surface area contributed by atoms with Crippen molar-refractivity contribution in [3.63, 3.8) is 0 Å². The second kappa shape index (κ2) is 6.51. The first-order valence-electron chi connectivity index (χ1n) is 8.12. The Balaban J connectivity index is 1.92. The first-order chi connectivity index (χ1) is 11.5. The van der Waals surface area contributed by atoms with Crippen LogP contribution in [0.2, 0.25) is 0 Å². The topological polar surface area (TPSA) is 60.2 Å². The number of fused-ring (bicyclic) bond motifs is 1. The molecule has 0 amide bonds. The average Bonchev–Trinajstić information content (AvgIpc) is 2.86. The van der Waals surface area contributed by atoms with Crippen molar-refractivity contribution >= 4 is 16.6 Å². The lowest BCUT2D eigenvalue weighted by Gasteiger charge is -2.18. The van der Waals surface area contributed by atoms with E-state index in [4.69, 9.17) is 9.26 Å². The maximum Gasteiger partial charge on any atom is 0.145 e. The van der Waals surface area contributed by atoms with Gasteiger partial charge in [-0.05, 0) is 46.2 Å². The molecule has 0 radical (unpaired) electrons. The molecule has 2 heterocycles. The van der Waals surface area contributed by atoms with E-state index in [-0.39, 0.29) is 6.04 Å². The second-order valence-electron chi connectivity index (χ2n) is 6.22. The summed E-state index contributed by atoms with van der Waals surface area (Å²) in [6.07, 6.45) is 0.855. The number of rotatable bonds is 5. The van der Waals surface area contributed by atoms with Gasteiger partial charge >= 0.3 is 0 Å². The number of aryl methyl sites for hydroxylation is 3. The van der Waals surface area contributed by atoms with Crippen LogP contribution in [-0.2, 0) is 6.42 Å². The summed E-state index contributed by atoms with van der Waals surface area (Å²) in [5.41, 5.74) is 5.03. The lowest BCUT2D eigenvalue weighted by molar-refractivity contribution is 0.392. The second-order valence-corrected chi connectivity index (χ2v) is 6.22. The van der Waals surface area contributed by atoms with Gasteiger partial charge in [-0.15, -0.1) is 0 Å². The molecule has 0 saturated heterocycles. The molecule has 1 N–H and O–H groups in total. The van der Waals surface area contributed by atoms with E-state index < -0.39 is 0 Å². The van der Waals surface area contributed by atoms with Crippen molar-refractivity contribution in [2.45, 2.75) is 40.2 Å². The van der Waals surface area contributed by atoms with Crippen molar-refractivity contribution in [2.75, 3.05) is 12.4 Å². The largest absolute Gasteiger partial charge is 0.494 e. The molecule has 24 heavy (non-hydrogen) atoms. The van der Waals surface area contributed by atoms with E-state index in [0.717, 1.165) is 45.9 Å². The van der Waals surface area contributed by atoms with Gasteiger partial charge in [0.15, 0.2) is 0 Å². The molecule has 0 aliphatic carbocycles. The van der Waals surface area contributed by atoms with E-state index in [9.17, 15) is 0 Å². The Hall–Kier alpha value is -2.56. The number of anilines is 1. The Morgan fingerprint density at radius 3 is 2.71 bits per heavy atom. The molecule has 0 fully saturated rings. The van der Waals surface area contributed by atoms with Crippen molar-refractivity contribution in [2.24, 2.45) is 0 Å². The Morgan fingerprint density at radius 1 is 1.25 bits per heavy atom. The number of methoxy groups -OCH3 is 1. The van der Waals surface area contributed by atoms with Crippen LogP contribution < -0.4 is 10.1 Å². The first kappa shape index (κ1) is 16.3. The number of ether oxygens (including phenoxy) is 1. The molecule has 0 saturated carbocycles. The Bertz CT molecular complexity index is 851. The van der Waals surface area contributed by atoms with Crippen LogP contribution in [0.3, 0.4) is 0 Å². The number of hydrogen-bond acceptors (Lipinski definition) is 5. The molecule has 1 aromatic carbocycles. The third-order valence-corrected chi connectivity index (χ3v) is 4.24. The molecular formula is C19H23N3O2. The number of hydrogen-bond donors (Lipinski definition) is 1. The molecule has 5 nitrogen and oxygen atoms in total. The fourth-order valence-electron chi connectivity index (χ4n) is 3.05. The summed E-state index contributed by atoms with van der Waals surface area (Å²) >= 11 is 0. The molecule has 0 aliphatic rings. The number of benzene rings is 1. The molecular weight excluding hydrogens is 302 g/mol. The average molecular weight is 325 g/mol. The molecule has 0 aliphatic heterocycles. The minimum atomic E-state index is 0.234. The first-order valence-corrected chi connectivity index (χ1v) is 8.12. The van der Waals surface area contributed by atoms with Crippen LogP contribution >= 0.6 is 0 Å². The molecule has 3 rings (SSSR count). The zero-order chi connectivity index (χ0) is 17.3. The van der Waals surface area contributed by atoms with Crippen molar-refractivity contribution in [3.8, 4) is 5.75 Å². The smallest absolute Gasteiger partial charge is 0.145 e. The minimum Gasteiger partial charge on any atom is -0.494 e. The summed E-state index contributed by atoms with van der Waals surface area (Å²) in [6.45, 7) is 8.10. The number of nitrogens with one attached hydrogen (secondary N) is 1. The highest BCUT2D eigenvalue weighted by molar-refractivity contribution is 5.95. The summed E-state index contributed by atoms with van der Waals surface area (Å²) in [5.74, 6) is 1.68. The van der Waals surface area contributed by atoms with Crippen molar-refractivity contribution in [1.29, 1.82) is 0 Å². The van der Waals surface area contributed by atoms with Crippen LogP contribution in [0.15, 0.2) is 28.8 Å². The van der Waals surface area contributed by atoms with E-state index in [2.05, 4.69) is 34.5 Å². The van der Waals surface area contributed by atoms with Crippen molar-refractivity contribution < 1.29 is 9.26 Å². The maximum absolute atomic E-state index is 5.45. The van der Waals surface area contributed by atoms with E-state index in [1.807, 2.05) is 32.9 Å². The van der Waals surface area contributed by atoms with E-state index in [1.165, 1.54) is 5.56 Å². The summed E-state index contributed by atoms with van der Waals surface area (Å²) in [7, 11) is 1.67. The fraction of sp³-hybridized carbons (Fsp3) is 0.368. The Kier molecular flexibility index (Phi) is 4.42. The van der Waals surface area contributed by atoms with Gasteiger partial charge in [-0.2, -0.15) is 0 Å². The van der Waals surface area contributed by atoms with E-state index in [1.54, 1.807) is 7.11 Å². The number of nitrogens with zero attached hydrogens (tertiary/aromatic N) is 2. The van der Waals surface area contributed by atoms with E-state index in [0.29, 0.717) is 0 Å². The zero-order valence-electron chi connectivity index (χ0n) is 14.8. The molecule has 0 spiro atoms. The van der Waals surface area contributed by atoms with Crippen LogP contribution in [0.25, 0.3) is 10.9 Å². The zero-order valence-corrected chi connectivity index (χ0v) is 14.8. The van der Waals surface area contributed by atoms with Gasteiger partial charge in [-0.3, -0.25) is 0 Å². The third kappa shape index (κ3) is 3.07. The van der Waals surface area contributed by atoms with Crippen LogP contribution in [0, 0.1) is 20.8 Å². The molecule has 1 atom stereocenters. The SMILES string of the molecule is COc1cccc2c(NC(C)Cc3c(C)noc3C)cc(C)nc12. The summed E-state index contributed by atoms with van der Waals surface area (Å²) in [4.78, 5) is 4.63. The van der Waals surface area contributed by atoms with Gasteiger partial charge in [-0.25, -0.2) is 4.98 Å². The quantitative estimate of drug-likeness (QED) is 0.762.